The Hall–Kier alpha value is -1.55. The minimum atomic E-state index is -0.809. The molecule has 1 aromatic rings. The Morgan fingerprint density at radius 2 is 2.21 bits per heavy atom. The second kappa shape index (κ2) is 4.85. The topological polar surface area (TPSA) is 49.8 Å². The lowest BCUT2D eigenvalue weighted by Crippen LogP contribution is -2.35. The summed E-state index contributed by atoms with van der Waals surface area (Å²) in [6.07, 6.45) is 0.897. The minimum absolute atomic E-state index is 0.171. The highest BCUT2D eigenvalue weighted by Crippen LogP contribution is 2.38. The molecule has 1 heterocycles. The van der Waals surface area contributed by atoms with Crippen molar-refractivity contribution in [1.29, 1.82) is 0 Å². The van der Waals surface area contributed by atoms with Crippen molar-refractivity contribution in [3.8, 4) is 5.75 Å². The van der Waals surface area contributed by atoms with Crippen LogP contribution < -0.4 is 4.74 Å². The van der Waals surface area contributed by atoms with Crippen molar-refractivity contribution < 1.29 is 14.6 Å². The summed E-state index contributed by atoms with van der Waals surface area (Å²) < 4.78 is 5.99. The molecule has 0 fully saturated rings. The van der Waals surface area contributed by atoms with E-state index in [0.29, 0.717) is 6.54 Å². The van der Waals surface area contributed by atoms with E-state index in [1.54, 1.807) is 6.92 Å². The average Bonchev–Trinajstić information content (AvgIpc) is 2.63. The van der Waals surface area contributed by atoms with Crippen molar-refractivity contribution in [2.24, 2.45) is 0 Å². The number of nitrogens with zero attached hydrogens (tertiary/aromatic N) is 1. The van der Waals surface area contributed by atoms with Crippen LogP contribution in [-0.2, 0) is 17.8 Å². The van der Waals surface area contributed by atoms with Gasteiger partial charge in [0, 0.05) is 18.5 Å². The van der Waals surface area contributed by atoms with Gasteiger partial charge in [0.1, 0.15) is 17.4 Å². The molecule has 1 aromatic carbocycles. The van der Waals surface area contributed by atoms with Crippen LogP contribution in [-0.4, -0.2) is 34.7 Å². The summed E-state index contributed by atoms with van der Waals surface area (Å²) >= 11 is 0. The third-order valence-corrected chi connectivity index (χ3v) is 3.61. The molecule has 0 aromatic heterocycles. The summed E-state index contributed by atoms with van der Waals surface area (Å²) in [5, 5.41) is 9.03. The van der Waals surface area contributed by atoms with Crippen molar-refractivity contribution in [2.45, 2.75) is 45.4 Å². The lowest BCUT2D eigenvalue weighted by Gasteiger charge is -2.23. The lowest BCUT2D eigenvalue weighted by molar-refractivity contribution is -0.142. The van der Waals surface area contributed by atoms with E-state index in [2.05, 4.69) is 19.9 Å². The van der Waals surface area contributed by atoms with Gasteiger partial charge in [-0.15, -0.1) is 0 Å². The fraction of sp³-hybridized carbons (Fsp3) is 0.533. The Balaban J connectivity index is 2.20. The number of hydrogen-bond donors (Lipinski definition) is 1. The first-order valence-corrected chi connectivity index (χ1v) is 6.53. The van der Waals surface area contributed by atoms with Crippen LogP contribution in [0.2, 0.25) is 0 Å². The molecule has 0 spiro atoms. The molecule has 0 amide bonds. The van der Waals surface area contributed by atoms with E-state index in [1.807, 2.05) is 24.1 Å². The molecule has 1 aliphatic rings. The Labute approximate surface area is 114 Å². The predicted octanol–water partition coefficient (Wildman–Crippen LogP) is 2.31. The van der Waals surface area contributed by atoms with Crippen molar-refractivity contribution in [1.82, 2.24) is 4.90 Å². The molecule has 4 nitrogen and oxygen atoms in total. The zero-order valence-corrected chi connectivity index (χ0v) is 11.9. The van der Waals surface area contributed by atoms with Gasteiger partial charge in [-0.3, -0.25) is 9.69 Å². The zero-order valence-electron chi connectivity index (χ0n) is 11.9. The van der Waals surface area contributed by atoms with E-state index in [1.165, 1.54) is 5.56 Å². The van der Waals surface area contributed by atoms with Crippen LogP contribution in [0.4, 0.5) is 0 Å². The van der Waals surface area contributed by atoms with E-state index < -0.39 is 12.0 Å². The summed E-state index contributed by atoms with van der Waals surface area (Å²) in [7, 11) is 1.82. The largest absolute Gasteiger partial charge is 0.487 e. The van der Waals surface area contributed by atoms with E-state index >= 15 is 0 Å². The molecule has 4 heteroatoms. The summed E-state index contributed by atoms with van der Waals surface area (Å²) in [5.41, 5.74) is 2.09. The fourth-order valence-electron chi connectivity index (χ4n) is 2.40. The van der Waals surface area contributed by atoms with E-state index in [9.17, 15) is 4.79 Å². The van der Waals surface area contributed by atoms with Gasteiger partial charge < -0.3 is 9.84 Å². The maximum Gasteiger partial charge on any atom is 0.320 e. The highest BCUT2D eigenvalue weighted by atomic mass is 16.5. The number of ether oxygens (including phenoxy) is 1. The molecule has 0 saturated heterocycles. The first-order valence-electron chi connectivity index (χ1n) is 6.53. The number of carbonyl (C=O) groups is 1. The van der Waals surface area contributed by atoms with Crippen molar-refractivity contribution in [3.05, 3.63) is 29.3 Å². The van der Waals surface area contributed by atoms with Gasteiger partial charge in [-0.25, -0.2) is 0 Å². The van der Waals surface area contributed by atoms with Gasteiger partial charge in [0.25, 0.3) is 0 Å². The summed E-state index contributed by atoms with van der Waals surface area (Å²) in [4.78, 5) is 12.8. The molecule has 1 unspecified atom stereocenters. The molecule has 0 saturated carbocycles. The van der Waals surface area contributed by atoms with Crippen LogP contribution in [0.3, 0.4) is 0 Å². The molecule has 19 heavy (non-hydrogen) atoms. The molecule has 0 bridgehead atoms. The smallest absolute Gasteiger partial charge is 0.320 e. The van der Waals surface area contributed by atoms with Crippen LogP contribution in [0.5, 0.6) is 5.75 Å². The quantitative estimate of drug-likeness (QED) is 0.905. The van der Waals surface area contributed by atoms with Gasteiger partial charge in [0.05, 0.1) is 0 Å². The van der Waals surface area contributed by atoms with Crippen LogP contribution in [0.25, 0.3) is 0 Å². The number of aliphatic carboxylic acids is 1. The molecule has 1 N–H and O–H groups in total. The molecular weight excluding hydrogens is 242 g/mol. The second-order valence-electron chi connectivity index (χ2n) is 5.87. The Morgan fingerprint density at radius 3 is 2.84 bits per heavy atom. The molecule has 1 atom stereocenters. The van der Waals surface area contributed by atoms with E-state index in [-0.39, 0.29) is 5.60 Å². The van der Waals surface area contributed by atoms with Gasteiger partial charge in [-0.05, 0) is 33.4 Å². The van der Waals surface area contributed by atoms with Gasteiger partial charge in [-0.2, -0.15) is 0 Å². The number of hydrogen-bond acceptors (Lipinski definition) is 3. The Morgan fingerprint density at radius 1 is 1.53 bits per heavy atom. The number of rotatable bonds is 4. The Bertz CT molecular complexity index is 496. The van der Waals surface area contributed by atoms with Crippen LogP contribution in [0.1, 0.15) is 31.9 Å². The number of likely N-dealkylation sites (N-methyl/N-ethyl adjacent to an activating group) is 1. The maximum absolute atomic E-state index is 11.0. The second-order valence-corrected chi connectivity index (χ2v) is 5.87. The molecule has 104 valence electrons. The average molecular weight is 263 g/mol. The number of para-hydroxylation sites is 1. The highest BCUT2D eigenvalue weighted by molar-refractivity contribution is 5.72. The van der Waals surface area contributed by atoms with Crippen molar-refractivity contribution in [3.63, 3.8) is 0 Å². The van der Waals surface area contributed by atoms with Gasteiger partial charge in [-0.1, -0.05) is 18.2 Å². The van der Waals surface area contributed by atoms with Crippen molar-refractivity contribution in [2.75, 3.05) is 7.05 Å². The van der Waals surface area contributed by atoms with Gasteiger partial charge in [0.15, 0.2) is 0 Å². The van der Waals surface area contributed by atoms with E-state index in [4.69, 9.17) is 9.84 Å². The van der Waals surface area contributed by atoms with Crippen LogP contribution in [0.15, 0.2) is 18.2 Å². The van der Waals surface area contributed by atoms with Gasteiger partial charge in [0.2, 0.25) is 0 Å². The summed E-state index contributed by atoms with van der Waals surface area (Å²) in [6, 6.07) is 5.59. The van der Waals surface area contributed by atoms with Crippen LogP contribution in [0, 0.1) is 0 Å². The molecule has 0 radical (unpaired) electrons. The van der Waals surface area contributed by atoms with E-state index in [0.717, 1.165) is 17.7 Å². The number of benzene rings is 1. The normalized spacial score (nSPS) is 17.9. The number of carboxylic acid groups (broad SMARTS) is 1. The third-order valence-electron chi connectivity index (χ3n) is 3.61. The van der Waals surface area contributed by atoms with Crippen LogP contribution >= 0.6 is 0 Å². The molecule has 2 rings (SSSR count). The number of carboxylic acids is 1. The highest BCUT2D eigenvalue weighted by Gasteiger charge is 2.32. The van der Waals surface area contributed by atoms with Crippen molar-refractivity contribution >= 4 is 5.97 Å². The monoisotopic (exact) mass is 263 g/mol. The summed E-state index contributed by atoms with van der Waals surface area (Å²) in [6.45, 7) is 6.41. The fourth-order valence-corrected chi connectivity index (χ4v) is 2.40. The number of fused-ring (bicyclic) bond motifs is 1. The Kier molecular flexibility index (Phi) is 3.54. The van der Waals surface area contributed by atoms with Gasteiger partial charge >= 0.3 is 5.97 Å². The molecular formula is C15H21NO3. The zero-order chi connectivity index (χ0) is 14.2. The molecule has 1 aliphatic heterocycles. The minimum Gasteiger partial charge on any atom is -0.487 e. The molecule has 0 aliphatic carbocycles. The SMILES string of the molecule is CC(C(=O)O)N(C)Cc1cccc2c1OC(C)(C)C2. The first-order chi connectivity index (χ1) is 8.80. The lowest BCUT2D eigenvalue weighted by atomic mass is 10.0. The summed E-state index contributed by atoms with van der Waals surface area (Å²) in [5.74, 6) is 0.119. The maximum atomic E-state index is 11.0. The first kappa shape index (κ1) is 13.9. The standard InChI is InChI=1S/C15H21NO3/c1-10(14(17)18)16(4)9-12-7-5-6-11-8-15(2,3)19-13(11)12/h5-7,10H,8-9H2,1-4H3,(H,17,18). The predicted molar refractivity (Wildman–Crippen MR) is 73.4 cm³/mol. The third kappa shape index (κ3) is 2.89.